The summed E-state index contributed by atoms with van der Waals surface area (Å²) in [7, 11) is 0. The molecule has 0 spiro atoms. The second-order valence-corrected chi connectivity index (χ2v) is 4.76. The fraction of sp³-hybridized carbons (Fsp3) is 0.286. The summed E-state index contributed by atoms with van der Waals surface area (Å²) in [4.78, 5) is 22.5. The summed E-state index contributed by atoms with van der Waals surface area (Å²) < 4.78 is 0. The predicted molar refractivity (Wildman–Crippen MR) is 78.9 cm³/mol. The molecule has 0 radical (unpaired) electrons. The van der Waals surface area contributed by atoms with Crippen molar-refractivity contribution in [2.45, 2.75) is 24.9 Å². The van der Waals surface area contributed by atoms with Crippen LogP contribution < -0.4 is 16.8 Å². The number of carboxylic acids is 2. The number of aromatic hydroxyl groups is 1. The molecule has 0 aliphatic carbocycles. The molecule has 2 atom stereocenters. The van der Waals surface area contributed by atoms with Crippen LogP contribution in [-0.2, 0) is 16.0 Å². The number of hydrogen-bond acceptors (Lipinski definition) is 6. The molecule has 0 aliphatic rings. The Morgan fingerprint density at radius 3 is 2.14 bits per heavy atom. The minimum atomic E-state index is -1.22. The summed E-state index contributed by atoms with van der Waals surface area (Å²) in [6.07, 6.45) is 1.03. The largest absolute Gasteiger partial charge is 0.508 e. The molecule has 1 rings (SSSR count). The second kappa shape index (κ2) is 7.89. The van der Waals surface area contributed by atoms with Crippen LogP contribution in [0.15, 0.2) is 36.2 Å². The molecule has 1 aromatic carbocycles. The van der Waals surface area contributed by atoms with E-state index in [0.29, 0.717) is 5.56 Å². The van der Waals surface area contributed by atoms with E-state index < -0.39 is 24.0 Å². The Morgan fingerprint density at radius 2 is 1.68 bits per heavy atom. The average Bonchev–Trinajstić information content (AvgIpc) is 2.47. The van der Waals surface area contributed by atoms with Gasteiger partial charge in [-0.15, -0.1) is 0 Å². The summed E-state index contributed by atoms with van der Waals surface area (Å²) in [5, 5.41) is 30.1. The van der Waals surface area contributed by atoms with Gasteiger partial charge in [0.15, 0.2) is 0 Å². The fourth-order valence-electron chi connectivity index (χ4n) is 1.85. The maximum atomic E-state index is 11.3. The van der Waals surface area contributed by atoms with Gasteiger partial charge in [0.1, 0.15) is 17.8 Å². The minimum absolute atomic E-state index is 0.0611. The SMILES string of the molecule is N/C=C(\N)C[C@H](NC(Cc1ccc(O)cc1)C(=O)O)C(=O)O. The molecule has 1 aromatic rings. The molecule has 22 heavy (non-hydrogen) atoms. The van der Waals surface area contributed by atoms with Gasteiger partial charge in [-0.1, -0.05) is 12.1 Å². The van der Waals surface area contributed by atoms with Crippen molar-refractivity contribution in [3.05, 3.63) is 41.7 Å². The lowest BCUT2D eigenvalue weighted by Crippen LogP contribution is -2.48. The van der Waals surface area contributed by atoms with Crippen molar-refractivity contribution < 1.29 is 24.9 Å². The maximum Gasteiger partial charge on any atom is 0.321 e. The molecule has 0 amide bonds. The smallest absolute Gasteiger partial charge is 0.321 e. The number of carbonyl (C=O) groups is 2. The number of carboxylic acid groups (broad SMARTS) is 2. The molecule has 0 saturated carbocycles. The van der Waals surface area contributed by atoms with Gasteiger partial charge in [-0.25, -0.2) is 0 Å². The van der Waals surface area contributed by atoms with Crippen LogP contribution in [0, 0.1) is 0 Å². The van der Waals surface area contributed by atoms with Gasteiger partial charge in [0.25, 0.3) is 0 Å². The normalized spacial score (nSPS) is 14.3. The second-order valence-electron chi connectivity index (χ2n) is 4.76. The zero-order valence-electron chi connectivity index (χ0n) is 11.8. The molecule has 1 unspecified atom stereocenters. The number of phenolic OH excluding ortho intramolecular Hbond substituents is 1. The van der Waals surface area contributed by atoms with Crippen LogP contribution in [0.5, 0.6) is 5.75 Å². The van der Waals surface area contributed by atoms with E-state index in [-0.39, 0.29) is 24.3 Å². The van der Waals surface area contributed by atoms with Crippen LogP contribution >= 0.6 is 0 Å². The van der Waals surface area contributed by atoms with Gasteiger partial charge in [0, 0.05) is 18.3 Å². The molecule has 8 N–H and O–H groups in total. The zero-order valence-corrected chi connectivity index (χ0v) is 11.8. The Kier molecular flexibility index (Phi) is 6.21. The lowest BCUT2D eigenvalue weighted by atomic mass is 10.0. The van der Waals surface area contributed by atoms with Crippen molar-refractivity contribution in [1.29, 1.82) is 0 Å². The van der Waals surface area contributed by atoms with E-state index in [4.69, 9.17) is 16.6 Å². The number of hydrogen-bond donors (Lipinski definition) is 6. The molecule has 0 saturated heterocycles. The van der Waals surface area contributed by atoms with Crippen molar-refractivity contribution in [3.8, 4) is 5.75 Å². The van der Waals surface area contributed by atoms with Crippen molar-refractivity contribution in [2.24, 2.45) is 11.5 Å². The maximum absolute atomic E-state index is 11.3. The molecule has 8 heteroatoms. The predicted octanol–water partition coefficient (Wildman–Crippen LogP) is -0.420. The number of rotatable bonds is 8. The molecular formula is C14H19N3O5. The summed E-state index contributed by atoms with van der Waals surface area (Å²) in [6, 6.07) is 3.71. The topological polar surface area (TPSA) is 159 Å². The van der Waals surface area contributed by atoms with Gasteiger partial charge in [0.2, 0.25) is 0 Å². The van der Waals surface area contributed by atoms with Gasteiger partial charge in [-0.2, -0.15) is 0 Å². The van der Waals surface area contributed by atoms with E-state index in [1.165, 1.54) is 12.1 Å². The molecular weight excluding hydrogens is 290 g/mol. The van der Waals surface area contributed by atoms with E-state index in [1.807, 2.05) is 0 Å². The zero-order chi connectivity index (χ0) is 16.7. The molecule has 120 valence electrons. The highest BCUT2D eigenvalue weighted by atomic mass is 16.4. The van der Waals surface area contributed by atoms with E-state index in [0.717, 1.165) is 6.20 Å². The molecule has 0 fully saturated rings. The van der Waals surface area contributed by atoms with Crippen molar-refractivity contribution >= 4 is 11.9 Å². The van der Waals surface area contributed by atoms with Crippen LogP contribution in [0.25, 0.3) is 0 Å². The first kappa shape index (κ1) is 17.3. The van der Waals surface area contributed by atoms with E-state index in [9.17, 15) is 19.8 Å². The van der Waals surface area contributed by atoms with E-state index in [2.05, 4.69) is 5.32 Å². The molecule has 0 bridgehead atoms. The number of benzene rings is 1. The summed E-state index contributed by atoms with van der Waals surface area (Å²) >= 11 is 0. The van der Waals surface area contributed by atoms with Gasteiger partial charge in [0.05, 0.1) is 0 Å². The minimum Gasteiger partial charge on any atom is -0.508 e. The highest BCUT2D eigenvalue weighted by Gasteiger charge is 2.26. The molecule has 8 nitrogen and oxygen atoms in total. The van der Waals surface area contributed by atoms with Crippen LogP contribution in [-0.4, -0.2) is 39.3 Å². The van der Waals surface area contributed by atoms with Gasteiger partial charge in [-0.3, -0.25) is 14.9 Å². The lowest BCUT2D eigenvalue weighted by Gasteiger charge is -2.20. The van der Waals surface area contributed by atoms with Gasteiger partial charge >= 0.3 is 11.9 Å². The molecule has 0 heterocycles. The quantitative estimate of drug-likeness (QED) is 0.377. The third-order valence-corrected chi connectivity index (χ3v) is 3.03. The number of aliphatic carboxylic acids is 2. The monoisotopic (exact) mass is 309 g/mol. The Bertz CT molecular complexity index is 556. The van der Waals surface area contributed by atoms with Crippen LogP contribution in [0.1, 0.15) is 12.0 Å². The fourth-order valence-corrected chi connectivity index (χ4v) is 1.85. The standard InChI is InChI=1S/C14H19N3O5/c15-7-9(16)6-12(14(21)22)17-11(13(19)20)5-8-1-3-10(18)4-2-8/h1-4,7,11-12,17-18H,5-6,15-16H2,(H,19,20)(H,21,22)/b9-7-/t11?,12-/m0/s1. The van der Waals surface area contributed by atoms with Crippen molar-refractivity contribution in [2.75, 3.05) is 0 Å². The highest BCUT2D eigenvalue weighted by molar-refractivity contribution is 5.78. The average molecular weight is 309 g/mol. The van der Waals surface area contributed by atoms with E-state index >= 15 is 0 Å². The third kappa shape index (κ3) is 5.33. The first-order valence-electron chi connectivity index (χ1n) is 6.49. The first-order valence-corrected chi connectivity index (χ1v) is 6.49. The van der Waals surface area contributed by atoms with Crippen LogP contribution in [0.2, 0.25) is 0 Å². The lowest BCUT2D eigenvalue weighted by molar-refractivity contribution is -0.142. The van der Waals surface area contributed by atoms with Crippen molar-refractivity contribution in [3.63, 3.8) is 0 Å². The van der Waals surface area contributed by atoms with Crippen molar-refractivity contribution in [1.82, 2.24) is 5.32 Å². The van der Waals surface area contributed by atoms with Crippen LogP contribution in [0.4, 0.5) is 0 Å². The Hall–Kier alpha value is -2.74. The van der Waals surface area contributed by atoms with E-state index in [1.54, 1.807) is 12.1 Å². The Labute approximate surface area is 127 Å². The summed E-state index contributed by atoms with van der Waals surface area (Å²) in [5.41, 5.74) is 11.5. The number of nitrogens with one attached hydrogen (secondary N) is 1. The Balaban J connectivity index is 2.83. The Morgan fingerprint density at radius 1 is 1.14 bits per heavy atom. The highest BCUT2D eigenvalue weighted by Crippen LogP contribution is 2.12. The molecule has 0 aliphatic heterocycles. The number of phenols is 1. The van der Waals surface area contributed by atoms with Gasteiger partial charge in [-0.05, 0) is 24.1 Å². The first-order chi connectivity index (χ1) is 10.3. The third-order valence-electron chi connectivity index (χ3n) is 3.03. The van der Waals surface area contributed by atoms with Crippen LogP contribution in [0.3, 0.4) is 0 Å². The summed E-state index contributed by atoms with van der Waals surface area (Å²) in [6.45, 7) is 0. The number of nitrogens with two attached hydrogens (primary N) is 2. The summed E-state index contributed by atoms with van der Waals surface area (Å²) in [5.74, 6) is -2.34. The molecule has 0 aromatic heterocycles. The van der Waals surface area contributed by atoms with Gasteiger partial charge < -0.3 is 26.8 Å².